The Morgan fingerprint density at radius 2 is 1.85 bits per heavy atom. The van der Waals surface area contributed by atoms with Crippen molar-refractivity contribution >= 4 is 9.84 Å². The summed E-state index contributed by atoms with van der Waals surface area (Å²) in [7, 11) is -3.57. The molecule has 2 aliphatic carbocycles. The second-order valence-corrected chi connectivity index (χ2v) is 8.81. The Kier molecular flexibility index (Phi) is 2.78. The van der Waals surface area contributed by atoms with Crippen LogP contribution >= 0.6 is 0 Å². The number of hydrogen-bond acceptors (Lipinski definition) is 3. The van der Waals surface area contributed by atoms with E-state index < -0.39 is 14.6 Å². The number of aryl methyl sites for hydroxylation is 2. The molecule has 0 unspecified atom stereocenters. The van der Waals surface area contributed by atoms with Crippen molar-refractivity contribution < 1.29 is 8.42 Å². The number of rotatable bonds is 2. The van der Waals surface area contributed by atoms with Crippen molar-refractivity contribution in [1.29, 1.82) is 5.26 Å². The third kappa shape index (κ3) is 1.66. The molecule has 1 aromatic carbocycles. The van der Waals surface area contributed by atoms with Crippen LogP contribution in [0.5, 0.6) is 0 Å². The molecule has 2 aliphatic rings. The molecule has 0 atom stereocenters. The Labute approximate surface area is 120 Å². The summed E-state index contributed by atoms with van der Waals surface area (Å²) in [6.07, 6.45) is 4.38. The third-order valence-electron chi connectivity index (χ3n) is 5.07. The van der Waals surface area contributed by atoms with Gasteiger partial charge >= 0.3 is 0 Å². The Morgan fingerprint density at radius 3 is 2.30 bits per heavy atom. The number of hydrogen-bond donors (Lipinski definition) is 0. The third-order valence-corrected chi connectivity index (χ3v) is 7.52. The van der Waals surface area contributed by atoms with E-state index in [4.69, 9.17) is 0 Å². The number of nitriles is 1. The predicted molar refractivity (Wildman–Crippen MR) is 77.0 cm³/mol. The Morgan fingerprint density at radius 1 is 1.20 bits per heavy atom. The first-order valence-electron chi connectivity index (χ1n) is 7.07. The zero-order valence-corrected chi connectivity index (χ0v) is 12.8. The molecule has 0 bridgehead atoms. The van der Waals surface area contributed by atoms with Crippen LogP contribution in [0.1, 0.15) is 43.2 Å². The van der Waals surface area contributed by atoms with Gasteiger partial charge in [0.2, 0.25) is 0 Å². The van der Waals surface area contributed by atoms with Crippen LogP contribution in [0.3, 0.4) is 0 Å². The fourth-order valence-corrected chi connectivity index (χ4v) is 6.09. The first kappa shape index (κ1) is 13.6. The van der Waals surface area contributed by atoms with Gasteiger partial charge in [-0.3, -0.25) is 0 Å². The summed E-state index contributed by atoms with van der Waals surface area (Å²) in [6, 6.07) is 7.47. The van der Waals surface area contributed by atoms with Gasteiger partial charge in [-0.05, 0) is 56.6 Å². The maximum atomic E-state index is 12.9. The topological polar surface area (TPSA) is 57.9 Å². The molecule has 3 rings (SSSR count). The van der Waals surface area contributed by atoms with Crippen LogP contribution in [-0.4, -0.2) is 13.2 Å². The Balaban J connectivity index is 2.01. The Bertz CT molecular complexity index is 700. The average Bonchev–Trinajstić information content (AvgIpc) is 2.25. The summed E-state index contributed by atoms with van der Waals surface area (Å²) in [4.78, 5) is 0.332. The highest BCUT2D eigenvalue weighted by atomic mass is 32.2. The molecule has 106 valence electrons. The highest BCUT2D eigenvalue weighted by Gasteiger charge is 2.64. The lowest BCUT2D eigenvalue weighted by molar-refractivity contribution is 0.0114. The van der Waals surface area contributed by atoms with Crippen LogP contribution in [-0.2, 0) is 9.84 Å². The molecule has 4 heteroatoms. The largest absolute Gasteiger partial charge is 0.222 e. The molecule has 0 aliphatic heterocycles. The summed E-state index contributed by atoms with van der Waals surface area (Å²) in [5.74, 6) is 0. The lowest BCUT2D eigenvalue weighted by Gasteiger charge is -2.57. The lowest BCUT2D eigenvalue weighted by atomic mass is 9.52. The first-order chi connectivity index (χ1) is 9.34. The highest BCUT2D eigenvalue weighted by Crippen LogP contribution is 2.63. The van der Waals surface area contributed by atoms with Crippen LogP contribution in [0.25, 0.3) is 0 Å². The van der Waals surface area contributed by atoms with Gasteiger partial charge < -0.3 is 0 Å². The molecular weight excluding hydrogens is 270 g/mol. The van der Waals surface area contributed by atoms with Gasteiger partial charge in [0, 0.05) is 0 Å². The summed E-state index contributed by atoms with van der Waals surface area (Å²) in [5.41, 5.74) is 1.94. The maximum Gasteiger partial charge on any atom is 0.197 e. The molecule has 0 amide bonds. The standard InChI is InChI=1S/C16H19NO2S/c1-12-4-5-14(13(2)8-12)20(18,19)16(11-17)9-15(10-16)6-3-7-15/h4-5,8H,3,6-7,9-10H2,1-2H3. The minimum Gasteiger partial charge on any atom is -0.222 e. The highest BCUT2D eigenvalue weighted by molar-refractivity contribution is 7.93. The zero-order chi connectivity index (χ0) is 14.6. The van der Waals surface area contributed by atoms with Crippen molar-refractivity contribution in [3.8, 4) is 6.07 Å². The van der Waals surface area contributed by atoms with Gasteiger partial charge in [-0.15, -0.1) is 0 Å². The van der Waals surface area contributed by atoms with E-state index in [1.807, 2.05) is 26.0 Å². The van der Waals surface area contributed by atoms with Crippen LogP contribution in [0.4, 0.5) is 0 Å². The number of sulfone groups is 1. The van der Waals surface area contributed by atoms with Crippen LogP contribution in [0.15, 0.2) is 23.1 Å². The van der Waals surface area contributed by atoms with Crippen LogP contribution in [0.2, 0.25) is 0 Å². The van der Waals surface area contributed by atoms with Gasteiger partial charge in [0.15, 0.2) is 14.6 Å². The van der Waals surface area contributed by atoms with Gasteiger partial charge in [-0.2, -0.15) is 5.26 Å². The van der Waals surface area contributed by atoms with Gasteiger partial charge in [0.25, 0.3) is 0 Å². The van der Waals surface area contributed by atoms with E-state index in [-0.39, 0.29) is 5.41 Å². The second-order valence-electron chi connectivity index (χ2n) is 6.59. The Hall–Kier alpha value is -1.34. The van der Waals surface area contributed by atoms with Gasteiger partial charge in [0.05, 0.1) is 11.0 Å². The molecule has 2 saturated carbocycles. The van der Waals surface area contributed by atoms with Crippen LogP contribution in [0, 0.1) is 30.6 Å². The molecule has 0 heterocycles. The first-order valence-corrected chi connectivity index (χ1v) is 8.56. The normalized spacial score (nSPS) is 22.6. The number of nitrogens with zero attached hydrogens (tertiary/aromatic N) is 1. The van der Waals surface area contributed by atoms with E-state index in [9.17, 15) is 13.7 Å². The summed E-state index contributed by atoms with van der Waals surface area (Å²) < 4.78 is 24.6. The van der Waals surface area contributed by atoms with Gasteiger partial charge in [-0.25, -0.2) is 8.42 Å². The van der Waals surface area contributed by atoms with E-state index >= 15 is 0 Å². The van der Waals surface area contributed by atoms with Crippen molar-refractivity contribution in [3.05, 3.63) is 29.3 Å². The van der Waals surface area contributed by atoms with E-state index in [1.165, 1.54) is 6.42 Å². The summed E-state index contributed by atoms with van der Waals surface area (Å²) in [6.45, 7) is 3.75. The zero-order valence-electron chi connectivity index (χ0n) is 11.9. The predicted octanol–water partition coefficient (Wildman–Crippen LogP) is 3.30. The number of benzene rings is 1. The minimum absolute atomic E-state index is 0.154. The maximum absolute atomic E-state index is 12.9. The van der Waals surface area contributed by atoms with Crippen molar-refractivity contribution in [2.75, 3.05) is 0 Å². The lowest BCUT2D eigenvalue weighted by Crippen LogP contribution is -2.58. The molecule has 0 radical (unpaired) electrons. The molecular formula is C16H19NO2S. The molecule has 0 aromatic heterocycles. The van der Waals surface area contributed by atoms with E-state index in [0.29, 0.717) is 17.7 Å². The quantitative estimate of drug-likeness (QED) is 0.839. The summed E-state index contributed by atoms with van der Waals surface area (Å²) in [5, 5.41) is 9.50. The van der Waals surface area contributed by atoms with Crippen molar-refractivity contribution in [2.45, 2.75) is 55.6 Å². The summed E-state index contributed by atoms with van der Waals surface area (Å²) >= 11 is 0. The molecule has 0 saturated heterocycles. The van der Waals surface area contributed by atoms with Crippen molar-refractivity contribution in [3.63, 3.8) is 0 Å². The molecule has 0 N–H and O–H groups in total. The fraction of sp³-hybridized carbons (Fsp3) is 0.562. The molecule has 1 spiro atoms. The fourth-order valence-electron chi connectivity index (χ4n) is 3.83. The molecule has 2 fully saturated rings. The van der Waals surface area contributed by atoms with Crippen molar-refractivity contribution in [2.24, 2.45) is 5.41 Å². The van der Waals surface area contributed by atoms with E-state index in [2.05, 4.69) is 6.07 Å². The molecule has 20 heavy (non-hydrogen) atoms. The van der Waals surface area contributed by atoms with E-state index in [1.54, 1.807) is 6.07 Å². The minimum atomic E-state index is -3.57. The smallest absolute Gasteiger partial charge is 0.197 e. The SMILES string of the molecule is Cc1ccc(S(=O)(=O)C2(C#N)CC3(CCC3)C2)c(C)c1. The second kappa shape index (κ2) is 4.08. The van der Waals surface area contributed by atoms with E-state index in [0.717, 1.165) is 24.0 Å². The van der Waals surface area contributed by atoms with Crippen LogP contribution < -0.4 is 0 Å². The van der Waals surface area contributed by atoms with Gasteiger partial charge in [-0.1, -0.05) is 24.1 Å². The molecule has 1 aromatic rings. The monoisotopic (exact) mass is 289 g/mol. The van der Waals surface area contributed by atoms with Gasteiger partial charge in [0.1, 0.15) is 0 Å². The van der Waals surface area contributed by atoms with Crippen molar-refractivity contribution in [1.82, 2.24) is 0 Å². The molecule has 3 nitrogen and oxygen atoms in total. The average molecular weight is 289 g/mol.